The maximum absolute atomic E-state index is 12.3. The van der Waals surface area contributed by atoms with Gasteiger partial charge < -0.3 is 14.4 Å². The Kier molecular flexibility index (Phi) is 4.67. The van der Waals surface area contributed by atoms with E-state index in [-0.39, 0.29) is 5.91 Å². The van der Waals surface area contributed by atoms with Crippen LogP contribution in [0.1, 0.15) is 16.7 Å². The number of pyridine rings is 1. The Hall–Kier alpha value is -3.08. The molecule has 5 heteroatoms. The summed E-state index contributed by atoms with van der Waals surface area (Å²) in [5, 5.41) is 1.07. The number of aryl methyl sites for hydroxylation is 2. The largest absolute Gasteiger partial charge is 0.486 e. The summed E-state index contributed by atoms with van der Waals surface area (Å²) < 4.78 is 11.4. The van der Waals surface area contributed by atoms with Crippen LogP contribution in [0.3, 0.4) is 0 Å². The number of likely N-dealkylation sites (N-methyl/N-ethyl adjacent to an activating group) is 1. The van der Waals surface area contributed by atoms with Gasteiger partial charge in [-0.15, -0.1) is 0 Å². The third-order valence-electron chi connectivity index (χ3n) is 5.14. The van der Waals surface area contributed by atoms with Crippen LogP contribution in [0.2, 0.25) is 0 Å². The highest BCUT2D eigenvalue weighted by atomic mass is 16.6. The second kappa shape index (κ2) is 7.15. The molecule has 1 aliphatic rings. The van der Waals surface area contributed by atoms with Crippen molar-refractivity contribution in [2.45, 2.75) is 20.3 Å². The number of hydrogen-bond donors (Lipinski definition) is 0. The molecular weight excluding hydrogens is 352 g/mol. The Balaban J connectivity index is 1.86. The molecule has 0 aliphatic carbocycles. The molecule has 3 aromatic rings. The zero-order valence-electron chi connectivity index (χ0n) is 16.7. The van der Waals surface area contributed by atoms with Gasteiger partial charge in [0.1, 0.15) is 13.2 Å². The lowest BCUT2D eigenvalue weighted by molar-refractivity contribution is -0.127. The van der Waals surface area contributed by atoms with Crippen LogP contribution in [0.5, 0.6) is 11.5 Å². The fourth-order valence-electron chi connectivity index (χ4n) is 3.55. The number of ether oxygens (including phenoxy) is 2. The van der Waals surface area contributed by atoms with Crippen LogP contribution in [0, 0.1) is 13.8 Å². The maximum atomic E-state index is 12.3. The molecule has 1 aromatic heterocycles. The van der Waals surface area contributed by atoms with Gasteiger partial charge in [0.2, 0.25) is 5.91 Å². The van der Waals surface area contributed by atoms with E-state index >= 15 is 0 Å². The van der Waals surface area contributed by atoms with Crippen molar-refractivity contribution < 1.29 is 14.3 Å². The van der Waals surface area contributed by atoms with Gasteiger partial charge in [0.05, 0.1) is 17.6 Å². The minimum Gasteiger partial charge on any atom is -0.486 e. The van der Waals surface area contributed by atoms with Crippen LogP contribution in [-0.4, -0.2) is 43.1 Å². The van der Waals surface area contributed by atoms with E-state index in [9.17, 15) is 4.79 Å². The molecule has 28 heavy (non-hydrogen) atoms. The van der Waals surface area contributed by atoms with Crippen LogP contribution in [-0.2, 0) is 11.2 Å². The molecule has 0 atom stereocenters. The number of carbonyl (C=O) groups is 1. The Bertz CT molecular complexity index is 1070. The first-order valence-corrected chi connectivity index (χ1v) is 9.44. The summed E-state index contributed by atoms with van der Waals surface area (Å²) in [6, 6.07) is 12.1. The molecule has 0 bridgehead atoms. The summed E-state index contributed by atoms with van der Waals surface area (Å²) in [6.07, 6.45) is 0.334. The second-order valence-corrected chi connectivity index (χ2v) is 7.41. The highest BCUT2D eigenvalue weighted by Gasteiger charge is 2.17. The Morgan fingerprint density at radius 3 is 2.46 bits per heavy atom. The molecule has 1 amide bonds. The van der Waals surface area contributed by atoms with Crippen LogP contribution in [0.4, 0.5) is 0 Å². The molecule has 5 nitrogen and oxygen atoms in total. The number of fused-ring (bicyclic) bond motifs is 2. The molecule has 0 spiro atoms. The number of carbonyl (C=O) groups excluding carboxylic acids is 1. The van der Waals surface area contributed by atoms with E-state index in [2.05, 4.69) is 26.0 Å². The van der Waals surface area contributed by atoms with E-state index in [1.165, 1.54) is 0 Å². The molecule has 0 saturated heterocycles. The minimum absolute atomic E-state index is 0.0628. The smallest absolute Gasteiger partial charge is 0.226 e. The number of para-hydroxylation sites is 1. The van der Waals surface area contributed by atoms with E-state index in [0.717, 1.165) is 50.3 Å². The van der Waals surface area contributed by atoms with E-state index < -0.39 is 0 Å². The fraction of sp³-hybridized carbons (Fsp3) is 0.304. The lowest BCUT2D eigenvalue weighted by Gasteiger charge is -2.20. The Labute approximate surface area is 164 Å². The van der Waals surface area contributed by atoms with Crippen molar-refractivity contribution in [1.29, 1.82) is 0 Å². The van der Waals surface area contributed by atoms with Crippen molar-refractivity contribution in [3.63, 3.8) is 0 Å². The predicted octanol–water partition coefficient (Wildman–Crippen LogP) is 3.92. The topological polar surface area (TPSA) is 51.7 Å². The molecule has 2 heterocycles. The number of amides is 1. The van der Waals surface area contributed by atoms with E-state index in [4.69, 9.17) is 14.5 Å². The predicted molar refractivity (Wildman–Crippen MR) is 110 cm³/mol. The fourth-order valence-corrected chi connectivity index (χ4v) is 3.55. The van der Waals surface area contributed by atoms with Crippen molar-refractivity contribution in [2.75, 3.05) is 27.3 Å². The minimum atomic E-state index is 0.0628. The van der Waals surface area contributed by atoms with Gasteiger partial charge in [0.25, 0.3) is 0 Å². The van der Waals surface area contributed by atoms with Crippen molar-refractivity contribution in [2.24, 2.45) is 0 Å². The van der Waals surface area contributed by atoms with E-state index in [0.29, 0.717) is 19.6 Å². The van der Waals surface area contributed by atoms with Crippen molar-refractivity contribution in [3.05, 3.63) is 53.1 Å². The highest BCUT2D eigenvalue weighted by molar-refractivity contribution is 5.91. The monoisotopic (exact) mass is 376 g/mol. The van der Waals surface area contributed by atoms with Gasteiger partial charge >= 0.3 is 0 Å². The molecule has 0 fully saturated rings. The summed E-state index contributed by atoms with van der Waals surface area (Å²) >= 11 is 0. The zero-order chi connectivity index (χ0) is 19.8. The molecule has 144 valence electrons. The van der Waals surface area contributed by atoms with Gasteiger partial charge in [-0.05, 0) is 48.7 Å². The number of rotatable bonds is 3. The highest BCUT2D eigenvalue weighted by Crippen LogP contribution is 2.37. The van der Waals surface area contributed by atoms with Crippen molar-refractivity contribution >= 4 is 16.8 Å². The third-order valence-corrected chi connectivity index (χ3v) is 5.14. The van der Waals surface area contributed by atoms with Gasteiger partial charge in [-0.1, -0.05) is 18.2 Å². The summed E-state index contributed by atoms with van der Waals surface area (Å²) in [5.74, 6) is 1.60. The quantitative estimate of drug-likeness (QED) is 0.695. The number of benzene rings is 2. The van der Waals surface area contributed by atoms with Crippen LogP contribution >= 0.6 is 0 Å². The van der Waals surface area contributed by atoms with E-state index in [1.54, 1.807) is 19.0 Å². The van der Waals surface area contributed by atoms with E-state index in [1.807, 2.05) is 24.3 Å². The average molecular weight is 376 g/mol. The second-order valence-electron chi connectivity index (χ2n) is 7.41. The van der Waals surface area contributed by atoms with Gasteiger partial charge in [0, 0.05) is 25.0 Å². The standard InChI is InChI=1S/C23H24N2O3/c1-14-10-19(18-13-21-20(11-15(18)2)27-8-9-28-21)24-23-16(6-5-7-17(14)23)12-22(26)25(3)4/h5-7,10-11,13H,8-9,12H2,1-4H3. The van der Waals surface area contributed by atoms with Crippen LogP contribution in [0.15, 0.2) is 36.4 Å². The maximum Gasteiger partial charge on any atom is 0.226 e. The van der Waals surface area contributed by atoms with Crippen molar-refractivity contribution in [1.82, 2.24) is 9.88 Å². The van der Waals surface area contributed by atoms with Gasteiger partial charge in [-0.3, -0.25) is 4.79 Å². The number of nitrogens with zero attached hydrogens (tertiary/aromatic N) is 2. The molecule has 0 radical (unpaired) electrons. The molecule has 0 N–H and O–H groups in total. The van der Waals surface area contributed by atoms with Gasteiger partial charge in [-0.25, -0.2) is 4.98 Å². The van der Waals surface area contributed by atoms with Crippen LogP contribution < -0.4 is 9.47 Å². The molecule has 0 unspecified atom stereocenters. The summed E-state index contributed by atoms with van der Waals surface area (Å²) in [4.78, 5) is 18.9. The van der Waals surface area contributed by atoms with Crippen molar-refractivity contribution in [3.8, 4) is 22.8 Å². The Morgan fingerprint density at radius 2 is 1.75 bits per heavy atom. The zero-order valence-corrected chi connectivity index (χ0v) is 16.7. The van der Waals surface area contributed by atoms with Gasteiger partial charge in [0.15, 0.2) is 11.5 Å². The SMILES string of the molecule is Cc1cc2c(cc1-c1cc(C)c3cccc(CC(=O)N(C)C)c3n1)OCCO2. The normalized spacial score (nSPS) is 12.9. The first-order chi connectivity index (χ1) is 13.4. The average Bonchev–Trinajstić information content (AvgIpc) is 2.67. The third kappa shape index (κ3) is 3.28. The Morgan fingerprint density at radius 1 is 1.04 bits per heavy atom. The number of aromatic nitrogens is 1. The summed E-state index contributed by atoms with van der Waals surface area (Å²) in [6.45, 7) is 5.26. The summed E-state index contributed by atoms with van der Waals surface area (Å²) in [5.41, 5.74) is 5.93. The molecule has 1 aliphatic heterocycles. The molecule has 4 rings (SSSR count). The molecule has 0 saturated carbocycles. The lowest BCUT2D eigenvalue weighted by Crippen LogP contribution is -2.23. The van der Waals surface area contributed by atoms with Gasteiger partial charge in [-0.2, -0.15) is 0 Å². The molecular formula is C23H24N2O3. The van der Waals surface area contributed by atoms with Crippen LogP contribution in [0.25, 0.3) is 22.2 Å². The summed E-state index contributed by atoms with van der Waals surface area (Å²) in [7, 11) is 3.55. The first kappa shape index (κ1) is 18.3. The number of hydrogen-bond acceptors (Lipinski definition) is 4. The lowest BCUT2D eigenvalue weighted by atomic mass is 9.98. The molecule has 2 aromatic carbocycles. The first-order valence-electron chi connectivity index (χ1n) is 9.44.